The lowest BCUT2D eigenvalue weighted by atomic mass is 10.1. The molecule has 0 saturated carbocycles. The average molecular weight is 283 g/mol. The van der Waals surface area contributed by atoms with E-state index in [1.54, 1.807) is 41.2 Å². The Morgan fingerprint density at radius 1 is 1.05 bits per heavy atom. The molecule has 2 aromatic carbocycles. The van der Waals surface area contributed by atoms with Gasteiger partial charge in [0.25, 0.3) is 0 Å². The zero-order chi connectivity index (χ0) is 13.9. The molecule has 4 heteroatoms. The Morgan fingerprint density at radius 3 is 2.60 bits per heavy atom. The molecule has 3 nitrogen and oxygen atoms in total. The van der Waals surface area contributed by atoms with Crippen molar-refractivity contribution in [2.75, 3.05) is 0 Å². The molecule has 0 aliphatic carbocycles. The predicted octanol–water partition coefficient (Wildman–Crippen LogP) is 3.76. The van der Waals surface area contributed by atoms with Crippen LogP contribution in [0.3, 0.4) is 0 Å². The van der Waals surface area contributed by atoms with Crippen molar-refractivity contribution < 1.29 is 4.79 Å². The van der Waals surface area contributed by atoms with E-state index in [2.05, 4.69) is 4.98 Å². The van der Waals surface area contributed by atoms with Crippen LogP contribution >= 0.6 is 11.6 Å². The number of rotatable bonds is 3. The number of aromatic nitrogens is 2. The number of hydrogen-bond acceptors (Lipinski definition) is 2. The maximum absolute atomic E-state index is 12.5. The fraction of sp³-hybridized carbons (Fsp3) is 0. The van der Waals surface area contributed by atoms with Gasteiger partial charge < -0.3 is 0 Å². The average Bonchev–Trinajstić information content (AvgIpc) is 2.97. The molecule has 0 atom stereocenters. The number of nitrogens with zero attached hydrogens (tertiary/aromatic N) is 2. The molecule has 0 aliphatic heterocycles. The molecule has 0 bridgehead atoms. The number of para-hydroxylation sites is 1. The van der Waals surface area contributed by atoms with Crippen LogP contribution in [-0.4, -0.2) is 15.3 Å². The van der Waals surface area contributed by atoms with Gasteiger partial charge in [0.15, 0.2) is 5.82 Å². The topological polar surface area (TPSA) is 34.9 Å². The number of hydrogen-bond donors (Lipinski definition) is 0. The molecule has 0 unspecified atom stereocenters. The summed E-state index contributed by atoms with van der Waals surface area (Å²) in [6.45, 7) is 0. The van der Waals surface area contributed by atoms with E-state index in [1.165, 1.54) is 0 Å². The zero-order valence-electron chi connectivity index (χ0n) is 10.5. The van der Waals surface area contributed by atoms with Crippen LogP contribution in [0.25, 0.3) is 5.69 Å². The van der Waals surface area contributed by atoms with Crippen LogP contribution in [-0.2, 0) is 0 Å². The van der Waals surface area contributed by atoms with Crippen molar-refractivity contribution in [3.63, 3.8) is 0 Å². The van der Waals surface area contributed by atoms with Crippen molar-refractivity contribution >= 4 is 17.4 Å². The second kappa shape index (κ2) is 5.31. The maximum atomic E-state index is 12.5. The van der Waals surface area contributed by atoms with Crippen LogP contribution in [0.2, 0.25) is 5.02 Å². The van der Waals surface area contributed by atoms with Gasteiger partial charge in [0.2, 0.25) is 5.78 Å². The third kappa shape index (κ3) is 2.36. The van der Waals surface area contributed by atoms with E-state index >= 15 is 0 Å². The molecule has 98 valence electrons. The normalized spacial score (nSPS) is 10.4. The Labute approximate surface area is 121 Å². The zero-order valence-corrected chi connectivity index (χ0v) is 11.3. The molecule has 0 spiro atoms. The molecule has 0 saturated heterocycles. The molecule has 1 aromatic heterocycles. The maximum Gasteiger partial charge on any atom is 0.228 e. The van der Waals surface area contributed by atoms with Gasteiger partial charge in [-0.3, -0.25) is 9.36 Å². The summed E-state index contributed by atoms with van der Waals surface area (Å²) >= 11 is 5.93. The Morgan fingerprint density at radius 2 is 1.85 bits per heavy atom. The highest BCUT2D eigenvalue weighted by Gasteiger charge is 2.16. The summed E-state index contributed by atoms with van der Waals surface area (Å²) in [7, 11) is 0. The minimum Gasteiger partial charge on any atom is -0.297 e. The van der Waals surface area contributed by atoms with E-state index in [9.17, 15) is 4.79 Å². The molecule has 3 aromatic rings. The van der Waals surface area contributed by atoms with E-state index in [1.807, 2.05) is 30.3 Å². The van der Waals surface area contributed by atoms with E-state index in [4.69, 9.17) is 11.6 Å². The molecule has 0 fully saturated rings. The van der Waals surface area contributed by atoms with E-state index < -0.39 is 0 Å². The van der Waals surface area contributed by atoms with Gasteiger partial charge in [0.05, 0.1) is 0 Å². The van der Waals surface area contributed by atoms with Crippen LogP contribution in [0.15, 0.2) is 67.0 Å². The van der Waals surface area contributed by atoms with Gasteiger partial charge in [-0.15, -0.1) is 0 Å². The molecular formula is C16H11ClN2O. The van der Waals surface area contributed by atoms with Crippen LogP contribution in [0.4, 0.5) is 0 Å². The van der Waals surface area contributed by atoms with Crippen molar-refractivity contribution in [3.8, 4) is 5.69 Å². The Bertz CT molecular complexity index is 750. The van der Waals surface area contributed by atoms with Gasteiger partial charge in [-0.2, -0.15) is 0 Å². The molecule has 3 rings (SSSR count). The summed E-state index contributed by atoms with van der Waals surface area (Å²) in [6, 6.07) is 16.5. The third-order valence-electron chi connectivity index (χ3n) is 2.97. The van der Waals surface area contributed by atoms with Crippen LogP contribution in [0, 0.1) is 0 Å². The standard InChI is InChI=1S/C16H11ClN2O/c17-13-6-4-5-12(11-13)15(20)16-18-9-10-19(16)14-7-2-1-3-8-14/h1-11H. The lowest BCUT2D eigenvalue weighted by molar-refractivity contribution is 0.102. The number of imidazole rings is 1. The summed E-state index contributed by atoms with van der Waals surface area (Å²) in [4.78, 5) is 16.7. The lowest BCUT2D eigenvalue weighted by Gasteiger charge is -2.07. The summed E-state index contributed by atoms with van der Waals surface area (Å²) in [5.41, 5.74) is 1.43. The Kier molecular flexibility index (Phi) is 3.35. The van der Waals surface area contributed by atoms with E-state index in [0.717, 1.165) is 5.69 Å². The van der Waals surface area contributed by atoms with Gasteiger partial charge >= 0.3 is 0 Å². The SMILES string of the molecule is O=C(c1cccc(Cl)c1)c1nccn1-c1ccccc1. The van der Waals surface area contributed by atoms with Crippen molar-refractivity contribution in [2.45, 2.75) is 0 Å². The predicted molar refractivity (Wildman–Crippen MR) is 78.4 cm³/mol. The van der Waals surface area contributed by atoms with Crippen molar-refractivity contribution in [3.05, 3.63) is 83.4 Å². The van der Waals surface area contributed by atoms with Crippen LogP contribution < -0.4 is 0 Å². The monoisotopic (exact) mass is 282 g/mol. The Hall–Kier alpha value is -2.39. The molecule has 20 heavy (non-hydrogen) atoms. The second-order valence-electron chi connectivity index (χ2n) is 4.30. The van der Waals surface area contributed by atoms with E-state index in [-0.39, 0.29) is 5.78 Å². The van der Waals surface area contributed by atoms with E-state index in [0.29, 0.717) is 16.4 Å². The quantitative estimate of drug-likeness (QED) is 0.686. The van der Waals surface area contributed by atoms with Crippen molar-refractivity contribution in [2.24, 2.45) is 0 Å². The van der Waals surface area contributed by atoms with Gasteiger partial charge in [0.1, 0.15) is 0 Å². The highest BCUT2D eigenvalue weighted by Crippen LogP contribution is 2.16. The van der Waals surface area contributed by atoms with Gasteiger partial charge in [-0.1, -0.05) is 41.9 Å². The van der Waals surface area contributed by atoms with Gasteiger partial charge in [-0.25, -0.2) is 4.98 Å². The third-order valence-corrected chi connectivity index (χ3v) is 3.20. The molecule has 0 aliphatic rings. The number of halogens is 1. The van der Waals surface area contributed by atoms with Crippen LogP contribution in [0.1, 0.15) is 16.2 Å². The summed E-state index contributed by atoms with van der Waals surface area (Å²) in [5.74, 6) is 0.222. The minimum atomic E-state index is -0.152. The Balaban J connectivity index is 2.04. The van der Waals surface area contributed by atoms with Crippen molar-refractivity contribution in [1.29, 1.82) is 0 Å². The summed E-state index contributed by atoms with van der Waals surface area (Å²) in [6.07, 6.45) is 3.39. The first kappa shape index (κ1) is 12.6. The first-order valence-corrected chi connectivity index (χ1v) is 6.52. The van der Waals surface area contributed by atoms with Crippen molar-refractivity contribution in [1.82, 2.24) is 9.55 Å². The fourth-order valence-corrected chi connectivity index (χ4v) is 2.22. The molecule has 0 amide bonds. The van der Waals surface area contributed by atoms with Gasteiger partial charge in [-0.05, 0) is 24.3 Å². The first-order chi connectivity index (χ1) is 9.75. The summed E-state index contributed by atoms with van der Waals surface area (Å²) in [5, 5.41) is 0.536. The number of carbonyl (C=O) groups is 1. The highest BCUT2D eigenvalue weighted by atomic mass is 35.5. The number of ketones is 1. The fourth-order valence-electron chi connectivity index (χ4n) is 2.03. The lowest BCUT2D eigenvalue weighted by Crippen LogP contribution is -2.09. The second-order valence-corrected chi connectivity index (χ2v) is 4.73. The molecule has 0 radical (unpaired) electrons. The molecule has 0 N–H and O–H groups in total. The molecule has 1 heterocycles. The van der Waals surface area contributed by atoms with Gasteiger partial charge in [0, 0.05) is 28.7 Å². The molecular weight excluding hydrogens is 272 g/mol. The highest BCUT2D eigenvalue weighted by molar-refractivity contribution is 6.31. The number of carbonyl (C=O) groups excluding carboxylic acids is 1. The smallest absolute Gasteiger partial charge is 0.228 e. The summed E-state index contributed by atoms with van der Waals surface area (Å²) < 4.78 is 1.77. The first-order valence-electron chi connectivity index (χ1n) is 6.15. The van der Waals surface area contributed by atoms with Crippen LogP contribution in [0.5, 0.6) is 0 Å². The largest absolute Gasteiger partial charge is 0.297 e. The minimum absolute atomic E-state index is 0.152. The number of benzene rings is 2.